The van der Waals surface area contributed by atoms with Crippen molar-refractivity contribution in [3.8, 4) is 0 Å². The molecule has 1 aromatic heterocycles. The molecule has 6 heteroatoms. The molecule has 0 aliphatic rings. The van der Waals surface area contributed by atoms with Crippen molar-refractivity contribution in [2.24, 2.45) is 0 Å². The number of rotatable bonds is 4. The average Bonchev–Trinajstić information content (AvgIpc) is 3.10. The molecule has 3 nitrogen and oxygen atoms in total. The molecule has 1 heterocycles. The van der Waals surface area contributed by atoms with Crippen LogP contribution in [0.2, 0.25) is 5.02 Å². The summed E-state index contributed by atoms with van der Waals surface area (Å²) in [4.78, 5) is 19.6. The van der Waals surface area contributed by atoms with E-state index in [-0.39, 0.29) is 5.91 Å². The molecule has 3 aromatic carbocycles. The van der Waals surface area contributed by atoms with E-state index in [4.69, 9.17) is 11.6 Å². The highest BCUT2D eigenvalue weighted by atomic mass is 79.9. The first-order chi connectivity index (χ1) is 13.1. The van der Waals surface area contributed by atoms with E-state index in [2.05, 4.69) is 20.9 Å². The van der Waals surface area contributed by atoms with Gasteiger partial charge in [0.2, 0.25) is 0 Å². The molecular formula is C21H14BrClN2OS. The highest BCUT2D eigenvalue weighted by Gasteiger charge is 2.21. The Hall–Kier alpha value is -2.21. The second kappa shape index (κ2) is 7.80. The van der Waals surface area contributed by atoms with Crippen LogP contribution in [0, 0.1) is 0 Å². The van der Waals surface area contributed by atoms with E-state index in [9.17, 15) is 4.79 Å². The number of carbonyl (C=O) groups is 1. The van der Waals surface area contributed by atoms with E-state index >= 15 is 0 Å². The number of anilines is 1. The summed E-state index contributed by atoms with van der Waals surface area (Å²) in [6.45, 7) is 0.448. The minimum Gasteiger partial charge on any atom is -0.279 e. The maximum atomic E-state index is 13.3. The Morgan fingerprint density at radius 2 is 1.78 bits per heavy atom. The van der Waals surface area contributed by atoms with Gasteiger partial charge in [-0.25, -0.2) is 4.98 Å². The molecule has 0 radical (unpaired) electrons. The van der Waals surface area contributed by atoms with Crippen LogP contribution >= 0.6 is 38.9 Å². The predicted molar refractivity (Wildman–Crippen MR) is 116 cm³/mol. The number of aromatic nitrogens is 1. The molecule has 134 valence electrons. The number of halogens is 2. The van der Waals surface area contributed by atoms with Crippen LogP contribution in [-0.4, -0.2) is 10.9 Å². The first-order valence-corrected chi connectivity index (χ1v) is 10.3. The van der Waals surface area contributed by atoms with Crippen molar-refractivity contribution in [1.82, 2.24) is 4.98 Å². The maximum absolute atomic E-state index is 13.3. The van der Waals surface area contributed by atoms with Gasteiger partial charge in [-0.15, -0.1) is 0 Å². The van der Waals surface area contributed by atoms with Crippen LogP contribution in [0.5, 0.6) is 0 Å². The minimum absolute atomic E-state index is 0.0866. The van der Waals surface area contributed by atoms with Crippen LogP contribution in [0.25, 0.3) is 10.2 Å². The summed E-state index contributed by atoms with van der Waals surface area (Å²) in [6, 6.07) is 22.8. The van der Waals surface area contributed by atoms with Crippen molar-refractivity contribution in [2.75, 3.05) is 4.90 Å². The summed E-state index contributed by atoms with van der Waals surface area (Å²) >= 11 is 11.0. The number of benzene rings is 3. The van der Waals surface area contributed by atoms with Crippen LogP contribution in [-0.2, 0) is 6.54 Å². The van der Waals surface area contributed by atoms with Crippen molar-refractivity contribution >= 4 is 60.1 Å². The fourth-order valence-corrected chi connectivity index (χ4v) is 4.25. The molecule has 0 fully saturated rings. The van der Waals surface area contributed by atoms with Gasteiger partial charge in [0.25, 0.3) is 5.91 Å². The monoisotopic (exact) mass is 456 g/mol. The lowest BCUT2D eigenvalue weighted by Gasteiger charge is -2.20. The Labute approximate surface area is 174 Å². The molecule has 0 N–H and O–H groups in total. The summed E-state index contributed by atoms with van der Waals surface area (Å²) in [5, 5.41) is 1.32. The zero-order chi connectivity index (χ0) is 18.8. The zero-order valence-corrected chi connectivity index (χ0v) is 17.3. The molecule has 1 amide bonds. The lowest BCUT2D eigenvalue weighted by Crippen LogP contribution is -2.30. The van der Waals surface area contributed by atoms with Gasteiger partial charge in [0, 0.05) is 15.1 Å². The number of carbonyl (C=O) groups excluding carboxylic acids is 1. The molecule has 0 aliphatic carbocycles. The van der Waals surface area contributed by atoms with Gasteiger partial charge in [-0.1, -0.05) is 69.2 Å². The van der Waals surface area contributed by atoms with Crippen LogP contribution in [0.3, 0.4) is 0 Å². The predicted octanol–water partition coefficient (Wildman–Crippen LogP) is 6.56. The fourth-order valence-electron chi connectivity index (χ4n) is 2.74. The van der Waals surface area contributed by atoms with Crippen molar-refractivity contribution in [2.45, 2.75) is 6.54 Å². The number of thiazole rings is 1. The first kappa shape index (κ1) is 18.2. The van der Waals surface area contributed by atoms with Crippen molar-refractivity contribution in [3.05, 3.63) is 93.4 Å². The molecule has 0 bridgehead atoms. The van der Waals surface area contributed by atoms with Crippen molar-refractivity contribution in [1.29, 1.82) is 0 Å². The summed E-state index contributed by atoms with van der Waals surface area (Å²) in [7, 11) is 0. The van der Waals surface area contributed by atoms with Gasteiger partial charge < -0.3 is 0 Å². The van der Waals surface area contributed by atoms with Gasteiger partial charge in [-0.2, -0.15) is 0 Å². The van der Waals surface area contributed by atoms with Crippen LogP contribution in [0.4, 0.5) is 5.13 Å². The van der Waals surface area contributed by atoms with Crippen molar-refractivity contribution < 1.29 is 4.79 Å². The van der Waals surface area contributed by atoms with Crippen molar-refractivity contribution in [3.63, 3.8) is 0 Å². The van der Waals surface area contributed by atoms with E-state index in [1.54, 1.807) is 4.90 Å². The number of hydrogen-bond donors (Lipinski definition) is 0. The topological polar surface area (TPSA) is 33.2 Å². The molecule has 0 aliphatic heterocycles. The van der Waals surface area contributed by atoms with Crippen LogP contribution < -0.4 is 4.90 Å². The van der Waals surface area contributed by atoms with Crippen LogP contribution in [0.15, 0.2) is 77.3 Å². The van der Waals surface area contributed by atoms with Crippen LogP contribution in [0.1, 0.15) is 15.9 Å². The second-order valence-electron chi connectivity index (χ2n) is 5.99. The summed E-state index contributed by atoms with van der Waals surface area (Å²) in [5.74, 6) is -0.0866. The molecule has 4 rings (SSSR count). The SMILES string of the molecule is O=C(c1ccc(Br)cc1)N(Cc1ccccc1)c1nc2ccc(Cl)cc2s1. The highest BCUT2D eigenvalue weighted by Crippen LogP contribution is 2.32. The quantitative estimate of drug-likeness (QED) is 0.348. The zero-order valence-electron chi connectivity index (χ0n) is 14.1. The summed E-state index contributed by atoms with van der Waals surface area (Å²) < 4.78 is 1.89. The fraction of sp³-hybridized carbons (Fsp3) is 0.0476. The Balaban J connectivity index is 1.76. The highest BCUT2D eigenvalue weighted by molar-refractivity contribution is 9.10. The largest absolute Gasteiger partial charge is 0.279 e. The number of fused-ring (bicyclic) bond motifs is 1. The van der Waals surface area contributed by atoms with Gasteiger partial charge in [-0.3, -0.25) is 9.69 Å². The summed E-state index contributed by atoms with van der Waals surface area (Å²) in [6.07, 6.45) is 0. The lowest BCUT2D eigenvalue weighted by molar-refractivity contribution is 0.0985. The standard InChI is InChI=1S/C21H14BrClN2OS/c22-16-8-6-15(7-9-16)20(26)25(13-14-4-2-1-3-5-14)21-24-18-11-10-17(23)12-19(18)27-21/h1-12H,13H2. The molecule has 4 aromatic rings. The Bertz CT molecular complexity index is 1100. The van der Waals surface area contributed by atoms with E-state index in [0.717, 1.165) is 20.3 Å². The number of hydrogen-bond acceptors (Lipinski definition) is 3. The van der Waals surface area contributed by atoms with Gasteiger partial charge >= 0.3 is 0 Å². The molecular weight excluding hydrogens is 444 g/mol. The molecule has 0 atom stereocenters. The first-order valence-electron chi connectivity index (χ1n) is 8.27. The van der Waals surface area contributed by atoms with Gasteiger partial charge in [-0.05, 0) is 48.0 Å². The number of amides is 1. The van der Waals surface area contributed by atoms with E-state index in [1.165, 1.54) is 11.3 Å². The van der Waals surface area contributed by atoms with E-state index < -0.39 is 0 Å². The molecule has 0 saturated carbocycles. The van der Waals surface area contributed by atoms with E-state index in [1.807, 2.05) is 72.8 Å². The minimum atomic E-state index is -0.0866. The normalized spacial score (nSPS) is 10.9. The molecule has 0 saturated heterocycles. The van der Waals surface area contributed by atoms with Gasteiger partial charge in [0.05, 0.1) is 16.8 Å². The Morgan fingerprint density at radius 1 is 1.04 bits per heavy atom. The average molecular weight is 458 g/mol. The number of nitrogens with zero attached hydrogens (tertiary/aromatic N) is 2. The maximum Gasteiger partial charge on any atom is 0.260 e. The lowest BCUT2D eigenvalue weighted by atomic mass is 10.1. The van der Waals surface area contributed by atoms with Gasteiger partial charge in [0.1, 0.15) is 0 Å². The van der Waals surface area contributed by atoms with E-state index in [0.29, 0.717) is 22.3 Å². The molecule has 0 spiro atoms. The second-order valence-corrected chi connectivity index (χ2v) is 8.35. The third-order valence-corrected chi connectivity index (χ3v) is 5.89. The Kier molecular flexibility index (Phi) is 5.25. The smallest absolute Gasteiger partial charge is 0.260 e. The molecule has 27 heavy (non-hydrogen) atoms. The summed E-state index contributed by atoms with van der Waals surface area (Å²) in [5.41, 5.74) is 2.49. The molecule has 0 unspecified atom stereocenters. The Morgan fingerprint density at radius 3 is 2.52 bits per heavy atom. The van der Waals surface area contributed by atoms with Gasteiger partial charge in [0.15, 0.2) is 5.13 Å². The third kappa shape index (κ3) is 4.05. The third-order valence-electron chi connectivity index (χ3n) is 4.09.